The van der Waals surface area contributed by atoms with Crippen LogP contribution in [-0.4, -0.2) is 30.1 Å². The molecular weight excluding hydrogens is 208 g/mol. The van der Waals surface area contributed by atoms with Crippen molar-refractivity contribution in [1.82, 2.24) is 10.5 Å². The molecule has 84 valence electrons. The maximum Gasteiger partial charge on any atom is 0.290 e. The first kappa shape index (κ1) is 11.6. The average Bonchev–Trinajstić information content (AvgIpc) is 2.61. The van der Waals surface area contributed by atoms with Gasteiger partial charge >= 0.3 is 0 Å². The van der Waals surface area contributed by atoms with Gasteiger partial charge in [0.1, 0.15) is 0 Å². The summed E-state index contributed by atoms with van der Waals surface area (Å²) in [5.74, 6) is -3.94. The number of alkyl halides is 2. The van der Waals surface area contributed by atoms with Crippen LogP contribution in [0.4, 0.5) is 8.78 Å². The number of hydrogen-bond acceptors (Lipinski definition) is 4. The molecule has 0 bridgehead atoms. The van der Waals surface area contributed by atoms with Gasteiger partial charge in [-0.05, 0) is 6.92 Å². The number of nitrogens with two attached hydrogens (primary N) is 1. The van der Waals surface area contributed by atoms with E-state index >= 15 is 0 Å². The summed E-state index contributed by atoms with van der Waals surface area (Å²) in [7, 11) is 0. The van der Waals surface area contributed by atoms with E-state index in [0.717, 1.165) is 0 Å². The van der Waals surface area contributed by atoms with Crippen LogP contribution in [0, 0.1) is 6.92 Å². The van der Waals surface area contributed by atoms with Crippen molar-refractivity contribution in [3.63, 3.8) is 0 Å². The summed E-state index contributed by atoms with van der Waals surface area (Å²) in [6, 6.07) is 1.36. The third kappa shape index (κ3) is 3.28. The highest BCUT2D eigenvalue weighted by atomic mass is 19.3. The number of rotatable bonds is 4. The summed E-state index contributed by atoms with van der Waals surface area (Å²) >= 11 is 0. The smallest absolute Gasteiger partial charge is 0.290 e. The Labute approximate surface area is 84.6 Å². The third-order valence-electron chi connectivity index (χ3n) is 1.66. The van der Waals surface area contributed by atoms with Crippen LogP contribution in [0.25, 0.3) is 0 Å². The number of carbonyl (C=O) groups is 1. The minimum absolute atomic E-state index is 0.0969. The average molecular weight is 219 g/mol. The minimum Gasteiger partial charge on any atom is -0.351 e. The van der Waals surface area contributed by atoms with Gasteiger partial charge in [-0.3, -0.25) is 4.79 Å². The van der Waals surface area contributed by atoms with Gasteiger partial charge < -0.3 is 15.6 Å². The first-order chi connectivity index (χ1) is 6.94. The van der Waals surface area contributed by atoms with Crippen LogP contribution in [0.3, 0.4) is 0 Å². The first-order valence-electron chi connectivity index (χ1n) is 4.24. The van der Waals surface area contributed by atoms with Gasteiger partial charge in [0.25, 0.3) is 11.8 Å². The molecule has 0 spiro atoms. The lowest BCUT2D eigenvalue weighted by Gasteiger charge is -2.13. The number of carbonyl (C=O) groups excluding carboxylic acids is 1. The quantitative estimate of drug-likeness (QED) is 0.763. The van der Waals surface area contributed by atoms with E-state index < -0.39 is 24.9 Å². The van der Waals surface area contributed by atoms with Crippen molar-refractivity contribution in [2.75, 3.05) is 13.1 Å². The molecule has 0 aliphatic carbocycles. The second kappa shape index (κ2) is 4.35. The van der Waals surface area contributed by atoms with E-state index in [2.05, 4.69) is 9.68 Å². The molecule has 1 rings (SSSR count). The SMILES string of the molecule is Cc1cc(C(=O)NCC(F)(F)CN)on1. The van der Waals surface area contributed by atoms with Crippen LogP contribution in [0.1, 0.15) is 16.2 Å². The maximum absolute atomic E-state index is 12.6. The molecule has 0 radical (unpaired) electrons. The summed E-state index contributed by atoms with van der Waals surface area (Å²) in [5, 5.41) is 5.46. The Morgan fingerprint density at radius 1 is 1.73 bits per heavy atom. The molecule has 0 aliphatic heterocycles. The Morgan fingerprint density at radius 2 is 2.40 bits per heavy atom. The number of amides is 1. The Bertz CT molecular complexity index is 351. The number of halogens is 2. The van der Waals surface area contributed by atoms with Crippen LogP contribution < -0.4 is 11.1 Å². The third-order valence-corrected chi connectivity index (χ3v) is 1.66. The molecule has 0 saturated heterocycles. The topological polar surface area (TPSA) is 81.2 Å². The molecule has 1 aromatic rings. The number of aryl methyl sites for hydroxylation is 1. The van der Waals surface area contributed by atoms with E-state index in [9.17, 15) is 13.6 Å². The molecule has 5 nitrogen and oxygen atoms in total. The predicted octanol–water partition coefficient (Wildman–Crippen LogP) is 0.307. The summed E-state index contributed by atoms with van der Waals surface area (Å²) in [5.41, 5.74) is 5.30. The number of nitrogens with one attached hydrogen (secondary N) is 1. The van der Waals surface area contributed by atoms with E-state index in [1.165, 1.54) is 6.07 Å². The van der Waals surface area contributed by atoms with Crippen molar-refractivity contribution < 1.29 is 18.1 Å². The standard InChI is InChI=1S/C8H11F2N3O2/c1-5-2-6(15-13-5)7(14)12-4-8(9,10)3-11/h2H,3-4,11H2,1H3,(H,12,14). The zero-order valence-corrected chi connectivity index (χ0v) is 8.09. The largest absolute Gasteiger partial charge is 0.351 e. The van der Waals surface area contributed by atoms with Crippen LogP contribution in [-0.2, 0) is 0 Å². The van der Waals surface area contributed by atoms with E-state index in [1.807, 2.05) is 5.32 Å². The van der Waals surface area contributed by atoms with Crippen molar-refractivity contribution in [1.29, 1.82) is 0 Å². The van der Waals surface area contributed by atoms with Gasteiger partial charge in [0.2, 0.25) is 5.76 Å². The number of nitrogens with zero attached hydrogens (tertiary/aromatic N) is 1. The Hall–Kier alpha value is -1.50. The Kier molecular flexibility index (Phi) is 3.35. The van der Waals surface area contributed by atoms with Crippen molar-refractivity contribution in [2.24, 2.45) is 5.73 Å². The fraction of sp³-hybridized carbons (Fsp3) is 0.500. The highest BCUT2D eigenvalue weighted by Gasteiger charge is 2.27. The molecule has 1 amide bonds. The summed E-state index contributed by atoms with van der Waals surface area (Å²) in [6.07, 6.45) is 0. The van der Waals surface area contributed by atoms with Crippen molar-refractivity contribution in [3.05, 3.63) is 17.5 Å². The zero-order valence-electron chi connectivity index (χ0n) is 8.09. The minimum atomic E-state index is -3.11. The van der Waals surface area contributed by atoms with Crippen LogP contribution >= 0.6 is 0 Å². The van der Waals surface area contributed by atoms with E-state index in [-0.39, 0.29) is 5.76 Å². The summed E-state index contributed by atoms with van der Waals surface area (Å²) in [6.45, 7) is -0.0143. The van der Waals surface area contributed by atoms with Crippen molar-refractivity contribution in [2.45, 2.75) is 12.8 Å². The van der Waals surface area contributed by atoms with Crippen molar-refractivity contribution in [3.8, 4) is 0 Å². The molecule has 0 aliphatic rings. The molecule has 0 atom stereocenters. The van der Waals surface area contributed by atoms with E-state index in [4.69, 9.17) is 5.73 Å². The molecular formula is C8H11F2N3O2. The van der Waals surface area contributed by atoms with Gasteiger partial charge in [-0.1, -0.05) is 5.16 Å². The Balaban J connectivity index is 2.50. The normalized spacial score (nSPS) is 11.5. The van der Waals surface area contributed by atoms with E-state index in [0.29, 0.717) is 5.69 Å². The van der Waals surface area contributed by atoms with Gasteiger partial charge in [-0.25, -0.2) is 8.78 Å². The lowest BCUT2D eigenvalue weighted by atomic mass is 10.3. The predicted molar refractivity (Wildman–Crippen MR) is 47.6 cm³/mol. The molecule has 0 fully saturated rings. The highest BCUT2D eigenvalue weighted by Crippen LogP contribution is 2.09. The highest BCUT2D eigenvalue weighted by molar-refractivity contribution is 5.91. The molecule has 1 heterocycles. The molecule has 0 aromatic carbocycles. The summed E-state index contributed by atoms with van der Waals surface area (Å²) in [4.78, 5) is 11.2. The summed E-state index contributed by atoms with van der Waals surface area (Å²) < 4.78 is 29.9. The molecule has 0 unspecified atom stereocenters. The van der Waals surface area contributed by atoms with Crippen LogP contribution in [0.5, 0.6) is 0 Å². The second-order valence-electron chi connectivity index (χ2n) is 3.08. The monoisotopic (exact) mass is 219 g/mol. The van der Waals surface area contributed by atoms with Gasteiger partial charge in [0.15, 0.2) is 0 Å². The lowest BCUT2D eigenvalue weighted by molar-refractivity contribution is 0.0115. The fourth-order valence-corrected chi connectivity index (χ4v) is 0.839. The zero-order chi connectivity index (χ0) is 11.5. The second-order valence-corrected chi connectivity index (χ2v) is 3.08. The first-order valence-corrected chi connectivity index (χ1v) is 4.24. The number of hydrogen-bond donors (Lipinski definition) is 2. The van der Waals surface area contributed by atoms with Gasteiger partial charge in [-0.2, -0.15) is 0 Å². The molecule has 0 saturated carbocycles. The fourth-order valence-electron chi connectivity index (χ4n) is 0.839. The van der Waals surface area contributed by atoms with Gasteiger partial charge in [-0.15, -0.1) is 0 Å². The molecule has 7 heteroatoms. The van der Waals surface area contributed by atoms with E-state index in [1.54, 1.807) is 6.92 Å². The molecule has 3 N–H and O–H groups in total. The van der Waals surface area contributed by atoms with Crippen LogP contribution in [0.2, 0.25) is 0 Å². The van der Waals surface area contributed by atoms with Crippen molar-refractivity contribution >= 4 is 5.91 Å². The Morgan fingerprint density at radius 3 is 2.87 bits per heavy atom. The lowest BCUT2D eigenvalue weighted by Crippen LogP contribution is -2.41. The van der Waals surface area contributed by atoms with Gasteiger partial charge in [0.05, 0.1) is 18.8 Å². The number of aromatic nitrogens is 1. The molecule has 1 aromatic heterocycles. The van der Waals surface area contributed by atoms with Crippen LogP contribution in [0.15, 0.2) is 10.6 Å². The van der Waals surface area contributed by atoms with Gasteiger partial charge in [0, 0.05) is 6.07 Å². The maximum atomic E-state index is 12.6. The molecule has 15 heavy (non-hydrogen) atoms.